The van der Waals surface area contributed by atoms with Crippen LogP contribution in [0.4, 0.5) is 0 Å². The summed E-state index contributed by atoms with van der Waals surface area (Å²) in [6, 6.07) is 21.9. The summed E-state index contributed by atoms with van der Waals surface area (Å²) < 4.78 is 12.8. The molecule has 4 nitrogen and oxygen atoms in total. The van der Waals surface area contributed by atoms with Gasteiger partial charge in [-0.05, 0) is 41.6 Å². The van der Waals surface area contributed by atoms with E-state index in [9.17, 15) is 10.0 Å². The van der Waals surface area contributed by atoms with E-state index in [1.54, 1.807) is 12.1 Å². The fourth-order valence-electron chi connectivity index (χ4n) is 4.83. The first-order valence-corrected chi connectivity index (χ1v) is 15.1. The monoisotopic (exact) mass is 530 g/mol. The first-order valence-electron chi connectivity index (χ1n) is 15.1. The van der Waals surface area contributed by atoms with Gasteiger partial charge < -0.3 is 19.5 Å². The molecule has 0 saturated carbocycles. The lowest BCUT2D eigenvalue weighted by atomic mass is 9.80. The predicted molar refractivity (Wildman–Crippen MR) is 165 cm³/mol. The van der Waals surface area contributed by atoms with Gasteiger partial charge in [0.2, 0.25) is 0 Å². The molecule has 5 heteroatoms. The van der Waals surface area contributed by atoms with E-state index < -0.39 is 7.12 Å². The van der Waals surface area contributed by atoms with Crippen LogP contribution in [-0.4, -0.2) is 30.4 Å². The lowest BCUT2D eigenvalue weighted by Gasteiger charge is -2.19. The Balaban J connectivity index is 1.85. The van der Waals surface area contributed by atoms with Crippen molar-refractivity contribution in [1.29, 1.82) is 0 Å². The fourth-order valence-corrected chi connectivity index (χ4v) is 4.83. The molecule has 3 aromatic rings. The highest BCUT2D eigenvalue weighted by Gasteiger charge is 2.17. The molecule has 3 rings (SSSR count). The molecule has 0 spiro atoms. The van der Waals surface area contributed by atoms with Crippen molar-refractivity contribution in [2.75, 3.05) is 13.2 Å². The molecule has 0 aliphatic carbocycles. The average molecular weight is 531 g/mol. The van der Waals surface area contributed by atoms with Gasteiger partial charge in [0.15, 0.2) is 0 Å². The molecule has 0 radical (unpaired) electrons. The number of hydrogen-bond acceptors (Lipinski definition) is 4. The van der Waals surface area contributed by atoms with Crippen LogP contribution in [0.5, 0.6) is 11.5 Å². The Morgan fingerprint density at radius 1 is 0.538 bits per heavy atom. The zero-order valence-corrected chi connectivity index (χ0v) is 24.0. The Morgan fingerprint density at radius 3 is 1.44 bits per heavy atom. The van der Waals surface area contributed by atoms with E-state index in [-0.39, 0.29) is 0 Å². The van der Waals surface area contributed by atoms with E-state index in [0.29, 0.717) is 18.7 Å². The van der Waals surface area contributed by atoms with Crippen molar-refractivity contribution in [2.45, 2.75) is 90.9 Å². The Bertz CT molecular complexity index is 1070. The maximum atomic E-state index is 9.57. The van der Waals surface area contributed by atoms with Gasteiger partial charge in [-0.3, -0.25) is 0 Å². The number of benzene rings is 3. The van der Waals surface area contributed by atoms with Gasteiger partial charge in [-0.25, -0.2) is 0 Å². The topological polar surface area (TPSA) is 58.9 Å². The molecule has 0 amide bonds. The van der Waals surface area contributed by atoms with E-state index in [1.807, 2.05) is 18.2 Å². The van der Waals surface area contributed by atoms with Gasteiger partial charge in [0.05, 0.1) is 13.2 Å². The minimum atomic E-state index is -1.49. The van der Waals surface area contributed by atoms with Crippen LogP contribution >= 0.6 is 0 Å². The van der Waals surface area contributed by atoms with Crippen LogP contribution in [0.2, 0.25) is 0 Å². The van der Waals surface area contributed by atoms with E-state index in [4.69, 9.17) is 9.47 Å². The van der Waals surface area contributed by atoms with Gasteiger partial charge in [-0.2, -0.15) is 0 Å². The Kier molecular flexibility index (Phi) is 14.0. The molecule has 0 aliphatic heterocycles. The molecule has 0 bridgehead atoms. The van der Waals surface area contributed by atoms with Crippen LogP contribution in [0.15, 0.2) is 66.7 Å². The summed E-state index contributed by atoms with van der Waals surface area (Å²) in [7, 11) is -1.49. The molecule has 0 atom stereocenters. The smallest absolute Gasteiger partial charge is 0.488 e. The molecular weight excluding hydrogens is 483 g/mol. The zero-order chi connectivity index (χ0) is 27.7. The van der Waals surface area contributed by atoms with Gasteiger partial charge in [0.1, 0.15) is 11.5 Å². The van der Waals surface area contributed by atoms with Crippen LogP contribution < -0.4 is 14.9 Å². The Labute approximate surface area is 236 Å². The highest BCUT2D eigenvalue weighted by atomic mass is 16.5. The van der Waals surface area contributed by atoms with Gasteiger partial charge in [0, 0.05) is 11.1 Å². The first kappa shape index (κ1) is 30.8. The van der Waals surface area contributed by atoms with Gasteiger partial charge >= 0.3 is 7.12 Å². The molecule has 0 unspecified atom stereocenters. The highest BCUT2D eigenvalue weighted by Crippen LogP contribution is 2.41. The maximum absolute atomic E-state index is 9.57. The summed E-state index contributed by atoms with van der Waals surface area (Å²) >= 11 is 0. The number of ether oxygens (including phenoxy) is 2. The molecule has 0 saturated heterocycles. The molecule has 210 valence electrons. The van der Waals surface area contributed by atoms with Crippen molar-refractivity contribution in [3.63, 3.8) is 0 Å². The van der Waals surface area contributed by atoms with Crippen molar-refractivity contribution >= 4 is 12.6 Å². The van der Waals surface area contributed by atoms with Crippen molar-refractivity contribution in [3.05, 3.63) is 66.7 Å². The van der Waals surface area contributed by atoms with E-state index in [1.165, 1.54) is 64.2 Å². The third kappa shape index (κ3) is 10.4. The lowest BCUT2D eigenvalue weighted by Crippen LogP contribution is -2.29. The van der Waals surface area contributed by atoms with Gasteiger partial charge in [-0.1, -0.05) is 133 Å². The summed E-state index contributed by atoms with van der Waals surface area (Å²) in [5, 5.41) is 19.1. The standard InChI is InChI=1S/C34H47BO4/c1-3-5-7-9-11-16-24-38-33-27-32(29-20-22-30(23-21-29)35(36)37)34(39-25-17-12-10-8-6-4-2)26-31(33)28-18-14-13-15-19-28/h13-15,18-23,26-27,36-37H,3-12,16-17,24-25H2,1-2H3. The van der Waals surface area contributed by atoms with E-state index in [0.717, 1.165) is 46.6 Å². The lowest BCUT2D eigenvalue weighted by molar-refractivity contribution is 0.298. The molecule has 39 heavy (non-hydrogen) atoms. The maximum Gasteiger partial charge on any atom is 0.488 e. The second-order valence-corrected chi connectivity index (χ2v) is 10.4. The molecule has 0 heterocycles. The quantitative estimate of drug-likeness (QED) is 0.121. The van der Waals surface area contributed by atoms with Crippen molar-refractivity contribution in [1.82, 2.24) is 0 Å². The van der Waals surface area contributed by atoms with E-state index in [2.05, 4.69) is 50.2 Å². The van der Waals surface area contributed by atoms with Crippen LogP contribution in [0.3, 0.4) is 0 Å². The number of unbranched alkanes of at least 4 members (excludes halogenated alkanes) is 10. The summed E-state index contributed by atoms with van der Waals surface area (Å²) in [4.78, 5) is 0. The molecule has 2 N–H and O–H groups in total. The zero-order valence-electron chi connectivity index (χ0n) is 24.0. The van der Waals surface area contributed by atoms with Crippen LogP contribution in [0.1, 0.15) is 90.9 Å². The van der Waals surface area contributed by atoms with E-state index >= 15 is 0 Å². The summed E-state index contributed by atoms with van der Waals surface area (Å²) in [5.74, 6) is 1.68. The Morgan fingerprint density at radius 2 is 0.974 bits per heavy atom. The minimum Gasteiger partial charge on any atom is -0.493 e. The first-order chi connectivity index (χ1) is 19.1. The van der Waals surface area contributed by atoms with Gasteiger partial charge in [-0.15, -0.1) is 0 Å². The fraction of sp³-hybridized carbons (Fsp3) is 0.471. The highest BCUT2D eigenvalue weighted by molar-refractivity contribution is 6.58. The van der Waals surface area contributed by atoms with Crippen molar-refractivity contribution < 1.29 is 19.5 Å². The molecule has 0 fully saturated rings. The van der Waals surface area contributed by atoms with Crippen molar-refractivity contribution in [3.8, 4) is 33.8 Å². The number of rotatable bonds is 19. The third-order valence-electron chi connectivity index (χ3n) is 7.20. The van der Waals surface area contributed by atoms with Crippen LogP contribution in [-0.2, 0) is 0 Å². The molecular formula is C34H47BO4. The largest absolute Gasteiger partial charge is 0.493 e. The molecule has 3 aromatic carbocycles. The predicted octanol–water partition coefficient (Wildman–Crippen LogP) is 8.18. The SMILES string of the molecule is CCCCCCCCOc1cc(-c2ccc(B(O)O)cc2)c(OCCCCCCCC)cc1-c1ccccc1. The molecule has 0 aromatic heterocycles. The summed E-state index contributed by atoms with van der Waals surface area (Å²) in [5.41, 5.74) is 4.52. The Hall–Kier alpha value is -2.76. The van der Waals surface area contributed by atoms with Crippen molar-refractivity contribution in [2.24, 2.45) is 0 Å². The van der Waals surface area contributed by atoms with Gasteiger partial charge in [0.25, 0.3) is 0 Å². The summed E-state index contributed by atoms with van der Waals surface area (Å²) in [6.07, 6.45) is 14.6. The second-order valence-electron chi connectivity index (χ2n) is 10.4. The third-order valence-corrected chi connectivity index (χ3v) is 7.20. The average Bonchev–Trinajstić information content (AvgIpc) is 2.97. The minimum absolute atomic E-state index is 0.466. The normalized spacial score (nSPS) is 11.0. The number of hydrogen-bond donors (Lipinski definition) is 2. The molecule has 0 aliphatic rings. The van der Waals surface area contributed by atoms with Crippen LogP contribution in [0.25, 0.3) is 22.3 Å². The summed E-state index contributed by atoms with van der Waals surface area (Å²) in [6.45, 7) is 5.83. The van der Waals surface area contributed by atoms with Crippen LogP contribution in [0, 0.1) is 0 Å². The second kappa shape index (κ2) is 17.8.